The van der Waals surface area contributed by atoms with Crippen molar-refractivity contribution >= 4 is 51.1 Å². The summed E-state index contributed by atoms with van der Waals surface area (Å²) in [5, 5.41) is 21.2. The van der Waals surface area contributed by atoms with Crippen LogP contribution >= 0.6 is 0 Å². The van der Waals surface area contributed by atoms with E-state index in [1.54, 1.807) is 0 Å². The Labute approximate surface area is 123 Å². The normalized spacial score (nSPS) is 10.6. The van der Waals surface area contributed by atoms with Crippen molar-refractivity contribution in [2.24, 2.45) is 0 Å². The van der Waals surface area contributed by atoms with Gasteiger partial charge >= 0.3 is 0 Å². The van der Waals surface area contributed by atoms with Crippen molar-refractivity contribution in [2.75, 3.05) is 0 Å². The standard InChI is InChI=1S/C7H6N2O7S.Na/c1-4-6(8(10)11)2-5(17(14,15)16)3-7(4)9(12)13;/h2-3H,1H3,(H,14,15,16);. The number of hydrogen-bond donors (Lipinski definition) is 1. The molecule has 0 saturated heterocycles. The van der Waals surface area contributed by atoms with Crippen LogP contribution in [-0.2, 0) is 10.1 Å². The van der Waals surface area contributed by atoms with E-state index in [0.29, 0.717) is 12.1 Å². The molecule has 0 saturated carbocycles. The maximum absolute atomic E-state index is 10.8. The van der Waals surface area contributed by atoms with Crippen LogP contribution in [0.15, 0.2) is 17.0 Å². The Morgan fingerprint density at radius 3 is 1.67 bits per heavy atom. The van der Waals surface area contributed by atoms with Gasteiger partial charge in [-0.2, -0.15) is 8.42 Å². The fraction of sp³-hybridized carbons (Fsp3) is 0.143. The molecule has 1 aromatic carbocycles. The number of nitrogens with zero attached hydrogens (tertiary/aromatic N) is 2. The van der Waals surface area contributed by atoms with E-state index < -0.39 is 36.2 Å². The summed E-state index contributed by atoms with van der Waals surface area (Å²) in [6.45, 7) is 1.12. The van der Waals surface area contributed by atoms with Crippen LogP contribution in [0.25, 0.3) is 0 Å². The Balaban J connectivity index is 0.00000289. The first kappa shape index (κ1) is 16.9. The zero-order chi connectivity index (χ0) is 13.4. The van der Waals surface area contributed by atoms with Gasteiger partial charge in [0.1, 0.15) is 10.5 Å². The van der Waals surface area contributed by atoms with Crippen LogP contribution in [0.3, 0.4) is 0 Å². The molecule has 18 heavy (non-hydrogen) atoms. The number of nitro groups is 2. The molecule has 0 aromatic heterocycles. The van der Waals surface area contributed by atoms with Crippen LogP contribution < -0.4 is 0 Å². The topological polar surface area (TPSA) is 141 Å². The molecule has 93 valence electrons. The first-order valence-corrected chi connectivity index (χ1v) is 5.49. The summed E-state index contributed by atoms with van der Waals surface area (Å²) >= 11 is 0. The molecule has 0 amide bonds. The third-order valence-corrected chi connectivity index (χ3v) is 2.85. The summed E-state index contributed by atoms with van der Waals surface area (Å²) in [4.78, 5) is 18.4. The molecule has 0 fully saturated rings. The van der Waals surface area contributed by atoms with Crippen LogP contribution in [0.1, 0.15) is 5.56 Å². The van der Waals surface area contributed by atoms with Gasteiger partial charge in [-0.1, -0.05) is 0 Å². The number of hydrogen-bond acceptors (Lipinski definition) is 6. The third-order valence-electron chi connectivity index (χ3n) is 2.02. The van der Waals surface area contributed by atoms with Crippen LogP contribution in [0.2, 0.25) is 0 Å². The molecule has 0 aliphatic heterocycles. The van der Waals surface area contributed by atoms with Crippen LogP contribution in [0, 0.1) is 27.2 Å². The van der Waals surface area contributed by atoms with Gasteiger partial charge in [0.15, 0.2) is 0 Å². The van der Waals surface area contributed by atoms with Gasteiger partial charge in [-0.15, -0.1) is 0 Å². The molecular formula is C7H6N2NaO7S. The van der Waals surface area contributed by atoms with E-state index in [0.717, 1.165) is 6.92 Å². The summed E-state index contributed by atoms with van der Waals surface area (Å²) in [5.74, 6) is 0. The van der Waals surface area contributed by atoms with Gasteiger partial charge in [-0.3, -0.25) is 24.8 Å². The Kier molecular flexibility index (Phi) is 5.37. The summed E-state index contributed by atoms with van der Waals surface area (Å²) in [6, 6.07) is 1.13. The SMILES string of the molecule is Cc1c([N+](=O)[O-])cc(S(=O)(=O)O)cc1[N+](=O)[O-].[Na]. The van der Waals surface area contributed by atoms with Crippen molar-refractivity contribution in [3.63, 3.8) is 0 Å². The monoisotopic (exact) mass is 285 g/mol. The molecule has 0 unspecified atom stereocenters. The van der Waals surface area contributed by atoms with Crippen LogP contribution in [0.5, 0.6) is 0 Å². The molecule has 1 N–H and O–H groups in total. The minimum absolute atomic E-state index is 0. The van der Waals surface area contributed by atoms with Crippen molar-refractivity contribution < 1.29 is 22.8 Å². The van der Waals surface area contributed by atoms with E-state index in [1.807, 2.05) is 0 Å². The molecule has 1 rings (SSSR count). The van der Waals surface area contributed by atoms with Gasteiger partial charge in [-0.05, 0) is 6.92 Å². The minimum atomic E-state index is -4.74. The first-order chi connectivity index (χ1) is 7.64. The van der Waals surface area contributed by atoms with Crippen molar-refractivity contribution in [1.82, 2.24) is 0 Å². The first-order valence-electron chi connectivity index (χ1n) is 4.05. The number of rotatable bonds is 3. The molecule has 0 atom stereocenters. The predicted molar refractivity (Wildman–Crippen MR) is 60.1 cm³/mol. The summed E-state index contributed by atoms with van der Waals surface area (Å²) < 4.78 is 30.3. The molecule has 0 spiro atoms. The largest absolute Gasteiger partial charge is 0.295 e. The molecule has 0 aliphatic carbocycles. The molecule has 11 heteroatoms. The van der Waals surface area contributed by atoms with Crippen molar-refractivity contribution in [1.29, 1.82) is 0 Å². The predicted octanol–water partition coefficient (Wildman–Crippen LogP) is 0.677. The Hall–Kier alpha value is -1.07. The van der Waals surface area contributed by atoms with Crippen LogP contribution in [0.4, 0.5) is 11.4 Å². The molecular weight excluding hydrogens is 279 g/mol. The fourth-order valence-electron chi connectivity index (χ4n) is 1.19. The average molecular weight is 285 g/mol. The van der Waals surface area contributed by atoms with Gasteiger partial charge < -0.3 is 0 Å². The zero-order valence-corrected chi connectivity index (χ0v) is 12.2. The van der Waals surface area contributed by atoms with Gasteiger partial charge in [-0.25, -0.2) is 0 Å². The smallest absolute Gasteiger partial charge is 0.282 e. The van der Waals surface area contributed by atoms with Crippen molar-refractivity contribution in [2.45, 2.75) is 11.8 Å². The molecule has 1 radical (unpaired) electrons. The van der Waals surface area contributed by atoms with Gasteiger partial charge in [0.05, 0.1) is 9.85 Å². The maximum Gasteiger partial charge on any atom is 0.295 e. The number of benzene rings is 1. The number of nitro benzene ring substituents is 2. The molecule has 0 heterocycles. The average Bonchev–Trinajstić information content (AvgIpc) is 2.14. The Morgan fingerprint density at radius 1 is 1.11 bits per heavy atom. The minimum Gasteiger partial charge on any atom is -0.282 e. The van der Waals surface area contributed by atoms with Gasteiger partial charge in [0, 0.05) is 41.7 Å². The van der Waals surface area contributed by atoms with Gasteiger partial charge in [0.2, 0.25) is 0 Å². The van der Waals surface area contributed by atoms with E-state index in [9.17, 15) is 28.6 Å². The molecule has 9 nitrogen and oxygen atoms in total. The Bertz CT molecular complexity index is 577. The second-order valence-electron chi connectivity index (χ2n) is 3.08. The summed E-state index contributed by atoms with van der Waals surface area (Å²) in [7, 11) is -4.74. The zero-order valence-electron chi connectivity index (χ0n) is 9.35. The van der Waals surface area contributed by atoms with E-state index >= 15 is 0 Å². The van der Waals surface area contributed by atoms with E-state index in [2.05, 4.69) is 0 Å². The van der Waals surface area contributed by atoms with E-state index in [4.69, 9.17) is 4.55 Å². The summed E-state index contributed by atoms with van der Waals surface area (Å²) in [5.41, 5.74) is -1.77. The van der Waals surface area contributed by atoms with E-state index in [-0.39, 0.29) is 35.1 Å². The second-order valence-corrected chi connectivity index (χ2v) is 4.50. The third kappa shape index (κ3) is 3.46. The molecule has 0 bridgehead atoms. The van der Waals surface area contributed by atoms with Gasteiger partial charge in [0.25, 0.3) is 21.5 Å². The van der Waals surface area contributed by atoms with Crippen molar-refractivity contribution in [3.05, 3.63) is 37.9 Å². The second kappa shape index (κ2) is 5.71. The van der Waals surface area contributed by atoms with Crippen molar-refractivity contribution in [3.8, 4) is 0 Å². The Morgan fingerprint density at radius 2 is 1.44 bits per heavy atom. The van der Waals surface area contributed by atoms with Crippen LogP contribution in [-0.4, -0.2) is 52.4 Å². The quantitative estimate of drug-likeness (QED) is 0.372. The fourth-order valence-corrected chi connectivity index (χ4v) is 1.71. The maximum atomic E-state index is 10.8. The molecule has 1 aromatic rings. The van der Waals surface area contributed by atoms with E-state index in [1.165, 1.54) is 0 Å². The summed E-state index contributed by atoms with van der Waals surface area (Å²) in [6.07, 6.45) is 0. The molecule has 0 aliphatic rings.